The summed E-state index contributed by atoms with van der Waals surface area (Å²) in [6.45, 7) is 11.6. The maximum absolute atomic E-state index is 14.2. The van der Waals surface area contributed by atoms with Crippen LogP contribution in [-0.4, -0.2) is 50.4 Å². The lowest BCUT2D eigenvalue weighted by molar-refractivity contribution is -0.140. The molecule has 8 nitrogen and oxygen atoms in total. The maximum Gasteiger partial charge on any atom is 0.264 e. The van der Waals surface area contributed by atoms with E-state index in [0.29, 0.717) is 24.5 Å². The zero-order valence-corrected chi connectivity index (χ0v) is 26.3. The first-order chi connectivity index (χ1) is 20.0. The van der Waals surface area contributed by atoms with Crippen molar-refractivity contribution in [2.24, 2.45) is 0 Å². The summed E-state index contributed by atoms with van der Waals surface area (Å²) in [5.74, 6) is -0.179. The van der Waals surface area contributed by atoms with Gasteiger partial charge in [-0.1, -0.05) is 55.8 Å². The van der Waals surface area contributed by atoms with E-state index < -0.39 is 28.5 Å². The summed E-state index contributed by atoms with van der Waals surface area (Å²) in [5, 5.41) is 3.00. The molecule has 0 fully saturated rings. The predicted octanol–water partition coefficient (Wildman–Crippen LogP) is 5.62. The van der Waals surface area contributed by atoms with Crippen molar-refractivity contribution in [3.63, 3.8) is 0 Å². The van der Waals surface area contributed by atoms with Crippen LogP contribution < -0.4 is 14.4 Å². The van der Waals surface area contributed by atoms with Crippen LogP contribution in [0.25, 0.3) is 0 Å². The van der Waals surface area contributed by atoms with Gasteiger partial charge in [-0.15, -0.1) is 0 Å². The van der Waals surface area contributed by atoms with Gasteiger partial charge >= 0.3 is 0 Å². The molecule has 42 heavy (non-hydrogen) atoms. The average Bonchev–Trinajstić information content (AvgIpc) is 2.97. The number of nitrogens with zero attached hydrogens (tertiary/aromatic N) is 2. The number of benzene rings is 3. The Morgan fingerprint density at radius 3 is 2.10 bits per heavy atom. The Labute approximate surface area is 250 Å². The normalized spacial score (nSPS) is 12.7. The minimum atomic E-state index is -4.15. The van der Waals surface area contributed by atoms with E-state index in [1.807, 2.05) is 65.8 Å². The number of ether oxygens (including phenoxy) is 1. The van der Waals surface area contributed by atoms with Crippen LogP contribution in [0.3, 0.4) is 0 Å². The molecular weight excluding hydrogens is 550 g/mol. The van der Waals surface area contributed by atoms with Crippen molar-refractivity contribution in [3.05, 3.63) is 89.5 Å². The number of amides is 2. The second kappa shape index (κ2) is 14.9. The maximum atomic E-state index is 14.2. The fourth-order valence-electron chi connectivity index (χ4n) is 4.57. The Hall–Kier alpha value is -3.85. The molecule has 0 aliphatic heterocycles. The first-order valence-electron chi connectivity index (χ1n) is 14.5. The number of nitrogens with one attached hydrogen (secondary N) is 1. The average molecular weight is 594 g/mol. The van der Waals surface area contributed by atoms with Gasteiger partial charge in [-0.3, -0.25) is 13.9 Å². The molecule has 0 saturated heterocycles. The Morgan fingerprint density at radius 2 is 1.52 bits per heavy atom. The number of rotatable bonds is 14. The molecule has 0 bridgehead atoms. The molecular formula is C33H43N3O5S. The van der Waals surface area contributed by atoms with Gasteiger partial charge in [-0.05, 0) is 88.1 Å². The number of sulfonamides is 1. The standard InChI is InChI=1S/C33H43N3O5S/c1-7-26(6)34-33(38)31(8-2)35(22-27-13-11-10-12-25(27)5)32(37)23-36(28-16-14-24(4)15-17-28)42(39,40)30-20-18-29(19-21-30)41-9-3/h10-21,26,31H,7-9,22-23H2,1-6H3,(H,34,38)/t26-,31+/m1/s1. The lowest BCUT2D eigenvalue weighted by Crippen LogP contribution is -2.53. The highest BCUT2D eigenvalue weighted by molar-refractivity contribution is 7.92. The molecule has 0 heterocycles. The molecule has 0 spiro atoms. The molecule has 1 N–H and O–H groups in total. The van der Waals surface area contributed by atoms with Crippen LogP contribution in [0.15, 0.2) is 77.7 Å². The van der Waals surface area contributed by atoms with Gasteiger partial charge in [-0.2, -0.15) is 0 Å². The van der Waals surface area contributed by atoms with Crippen molar-refractivity contribution >= 4 is 27.5 Å². The molecule has 3 aromatic carbocycles. The Bertz CT molecular complexity index is 1440. The van der Waals surface area contributed by atoms with Crippen molar-refractivity contribution in [3.8, 4) is 5.75 Å². The van der Waals surface area contributed by atoms with E-state index in [2.05, 4.69) is 5.32 Å². The second-order valence-electron chi connectivity index (χ2n) is 10.4. The van der Waals surface area contributed by atoms with Gasteiger partial charge in [0, 0.05) is 12.6 Å². The summed E-state index contributed by atoms with van der Waals surface area (Å²) in [7, 11) is -4.15. The molecule has 2 amide bonds. The summed E-state index contributed by atoms with van der Waals surface area (Å²) in [5.41, 5.74) is 3.18. The molecule has 3 aromatic rings. The van der Waals surface area contributed by atoms with Crippen molar-refractivity contribution in [2.75, 3.05) is 17.5 Å². The van der Waals surface area contributed by atoms with Gasteiger partial charge in [0.05, 0.1) is 17.2 Å². The summed E-state index contributed by atoms with van der Waals surface area (Å²) in [6, 6.07) is 20.0. The van der Waals surface area contributed by atoms with Crippen LogP contribution in [0.5, 0.6) is 5.75 Å². The van der Waals surface area contributed by atoms with Crippen LogP contribution in [0.2, 0.25) is 0 Å². The number of anilines is 1. The Balaban J connectivity index is 2.06. The number of carbonyl (C=O) groups is 2. The third kappa shape index (κ3) is 8.12. The van der Waals surface area contributed by atoms with E-state index in [4.69, 9.17) is 4.74 Å². The molecule has 3 rings (SSSR count). The number of aryl methyl sites for hydroxylation is 2. The molecule has 226 valence electrons. The topological polar surface area (TPSA) is 96.0 Å². The molecule has 0 aliphatic rings. The van der Waals surface area contributed by atoms with Gasteiger partial charge in [0.1, 0.15) is 18.3 Å². The fraction of sp³-hybridized carbons (Fsp3) is 0.394. The molecule has 0 radical (unpaired) electrons. The highest BCUT2D eigenvalue weighted by atomic mass is 32.2. The smallest absolute Gasteiger partial charge is 0.264 e. The van der Waals surface area contributed by atoms with Gasteiger partial charge < -0.3 is 15.0 Å². The quantitative estimate of drug-likeness (QED) is 0.262. The Kier molecular flexibility index (Phi) is 11.6. The van der Waals surface area contributed by atoms with E-state index >= 15 is 0 Å². The molecule has 9 heteroatoms. The predicted molar refractivity (Wildman–Crippen MR) is 167 cm³/mol. The van der Waals surface area contributed by atoms with E-state index in [-0.39, 0.29) is 23.4 Å². The molecule has 0 saturated carbocycles. The molecule has 2 atom stereocenters. The van der Waals surface area contributed by atoms with E-state index in [1.165, 1.54) is 17.0 Å². The second-order valence-corrected chi connectivity index (χ2v) is 12.3. The number of carbonyl (C=O) groups excluding carboxylic acids is 2. The van der Waals surface area contributed by atoms with Crippen LogP contribution in [0.1, 0.15) is 57.2 Å². The largest absolute Gasteiger partial charge is 0.494 e. The number of hydrogen-bond donors (Lipinski definition) is 1. The first kappa shape index (κ1) is 32.7. The summed E-state index contributed by atoms with van der Waals surface area (Å²) >= 11 is 0. The minimum Gasteiger partial charge on any atom is -0.494 e. The fourth-order valence-corrected chi connectivity index (χ4v) is 5.99. The van der Waals surface area contributed by atoms with Crippen LogP contribution in [0.4, 0.5) is 5.69 Å². The Morgan fingerprint density at radius 1 is 0.881 bits per heavy atom. The van der Waals surface area contributed by atoms with Crippen LogP contribution >= 0.6 is 0 Å². The highest BCUT2D eigenvalue weighted by Crippen LogP contribution is 2.27. The SMILES string of the molecule is CCOc1ccc(S(=O)(=O)N(CC(=O)N(Cc2ccccc2C)[C@@H](CC)C(=O)N[C@H](C)CC)c2ccc(C)cc2)cc1. The summed E-state index contributed by atoms with van der Waals surface area (Å²) < 4.78 is 34.7. The van der Waals surface area contributed by atoms with Crippen molar-refractivity contribution in [2.45, 2.75) is 77.9 Å². The summed E-state index contributed by atoms with van der Waals surface area (Å²) in [4.78, 5) is 29.2. The zero-order valence-electron chi connectivity index (χ0n) is 25.5. The lowest BCUT2D eigenvalue weighted by atomic mass is 10.1. The van der Waals surface area contributed by atoms with Crippen molar-refractivity contribution in [1.82, 2.24) is 10.2 Å². The van der Waals surface area contributed by atoms with Crippen molar-refractivity contribution < 1.29 is 22.7 Å². The van der Waals surface area contributed by atoms with Crippen molar-refractivity contribution in [1.29, 1.82) is 0 Å². The van der Waals surface area contributed by atoms with Gasteiger partial charge in [0.15, 0.2) is 0 Å². The monoisotopic (exact) mass is 593 g/mol. The highest BCUT2D eigenvalue weighted by Gasteiger charge is 2.34. The minimum absolute atomic E-state index is 0.0336. The van der Waals surface area contributed by atoms with E-state index in [1.54, 1.807) is 36.4 Å². The third-order valence-electron chi connectivity index (χ3n) is 7.31. The van der Waals surface area contributed by atoms with Gasteiger partial charge in [0.25, 0.3) is 10.0 Å². The van der Waals surface area contributed by atoms with E-state index in [9.17, 15) is 18.0 Å². The molecule has 0 aromatic heterocycles. The molecule has 0 unspecified atom stereocenters. The third-order valence-corrected chi connectivity index (χ3v) is 9.10. The lowest BCUT2D eigenvalue weighted by Gasteiger charge is -2.34. The van der Waals surface area contributed by atoms with Gasteiger partial charge in [-0.25, -0.2) is 8.42 Å². The first-order valence-corrected chi connectivity index (χ1v) is 15.9. The van der Waals surface area contributed by atoms with E-state index in [0.717, 1.165) is 27.4 Å². The van der Waals surface area contributed by atoms with Crippen LogP contribution in [-0.2, 0) is 26.2 Å². The number of hydrogen-bond acceptors (Lipinski definition) is 5. The van der Waals surface area contributed by atoms with Gasteiger partial charge in [0.2, 0.25) is 11.8 Å². The summed E-state index contributed by atoms with van der Waals surface area (Å²) in [6.07, 6.45) is 1.12. The van der Waals surface area contributed by atoms with Crippen LogP contribution in [0, 0.1) is 13.8 Å². The molecule has 0 aliphatic carbocycles. The zero-order chi connectivity index (χ0) is 30.9.